The molecule has 2 aromatic carbocycles. The van der Waals surface area contributed by atoms with Gasteiger partial charge in [-0.05, 0) is 80.3 Å². The van der Waals surface area contributed by atoms with E-state index >= 15 is 0 Å². The summed E-state index contributed by atoms with van der Waals surface area (Å²) in [4.78, 5) is 10.3. The second-order valence-corrected chi connectivity index (χ2v) is 12.2. The Balaban J connectivity index is 1.47. The Morgan fingerprint density at radius 3 is 2.00 bits per heavy atom. The number of fused-ring (bicyclic) bond motifs is 1. The molecule has 2 saturated carbocycles. The van der Waals surface area contributed by atoms with Gasteiger partial charge in [0.15, 0.2) is 0 Å². The Labute approximate surface area is 251 Å². The van der Waals surface area contributed by atoms with Gasteiger partial charge in [0.2, 0.25) is 0 Å². The molecule has 2 aliphatic rings. The summed E-state index contributed by atoms with van der Waals surface area (Å²) in [6.45, 7) is 3.66. The molecule has 13 heteroatoms. The maximum atomic E-state index is 13.7. The van der Waals surface area contributed by atoms with Crippen LogP contribution in [0.15, 0.2) is 42.6 Å². The third-order valence-electron chi connectivity index (χ3n) is 8.39. The third kappa shape index (κ3) is 6.61. The van der Waals surface area contributed by atoms with E-state index in [0.717, 1.165) is 78.6 Å². The topological polar surface area (TPSA) is 54.0 Å². The van der Waals surface area contributed by atoms with Crippen molar-refractivity contribution in [2.45, 2.75) is 58.0 Å². The molecule has 2 fully saturated rings. The van der Waals surface area contributed by atoms with Crippen LogP contribution in [-0.4, -0.2) is 33.2 Å². The summed E-state index contributed by atoms with van der Waals surface area (Å²) in [7, 11) is 3.34. The molecular formula is C31H34F6N7+. The molecule has 2 aromatic heterocycles. The van der Waals surface area contributed by atoms with Crippen LogP contribution >= 0.6 is 0 Å². The van der Waals surface area contributed by atoms with Gasteiger partial charge in [-0.3, -0.25) is 9.88 Å². The average Bonchev–Trinajstić information content (AvgIpc) is 3.88. The van der Waals surface area contributed by atoms with Gasteiger partial charge in [0.05, 0.1) is 54.6 Å². The number of aromatic nitrogens is 5. The Kier molecular flexibility index (Phi) is 7.69. The number of hydrogen-bond acceptors (Lipinski definition) is 5. The molecule has 0 bridgehead atoms. The van der Waals surface area contributed by atoms with Gasteiger partial charge in [-0.15, -0.1) is 0 Å². The molecule has 0 saturated heterocycles. The summed E-state index contributed by atoms with van der Waals surface area (Å²) in [5.74, 6) is 1.48. The molecule has 0 unspecified atom stereocenters. The van der Waals surface area contributed by atoms with E-state index in [9.17, 15) is 26.3 Å². The van der Waals surface area contributed by atoms with E-state index in [-0.39, 0.29) is 24.7 Å². The lowest BCUT2D eigenvalue weighted by Crippen LogP contribution is -2.44. The molecule has 6 rings (SSSR count). The number of alkyl halides is 6. The van der Waals surface area contributed by atoms with Gasteiger partial charge in [0.25, 0.3) is 0 Å². The smallest absolute Gasteiger partial charge is 0.370 e. The molecule has 0 N–H and O–H groups in total. The van der Waals surface area contributed by atoms with E-state index in [2.05, 4.69) is 21.3 Å². The lowest BCUT2D eigenvalue weighted by molar-refractivity contribution is -0.745. The molecule has 0 amide bonds. The molecule has 0 spiro atoms. The molecule has 0 radical (unpaired) electrons. The van der Waals surface area contributed by atoms with E-state index < -0.39 is 23.5 Å². The minimum Gasteiger partial charge on any atom is -0.370 e. The van der Waals surface area contributed by atoms with E-state index in [1.54, 1.807) is 29.9 Å². The monoisotopic (exact) mass is 618 g/mol. The highest BCUT2D eigenvalue weighted by Gasteiger charge is 2.38. The number of tetrazole rings is 1. The number of pyridine rings is 1. The Morgan fingerprint density at radius 1 is 0.864 bits per heavy atom. The Hall–Kier alpha value is -3.90. The van der Waals surface area contributed by atoms with Crippen LogP contribution in [0, 0.1) is 18.8 Å². The number of rotatable bonds is 10. The predicted molar refractivity (Wildman–Crippen MR) is 153 cm³/mol. The van der Waals surface area contributed by atoms with E-state index in [4.69, 9.17) is 4.98 Å². The maximum absolute atomic E-state index is 13.7. The highest BCUT2D eigenvalue weighted by atomic mass is 19.4. The van der Waals surface area contributed by atoms with Gasteiger partial charge in [-0.1, -0.05) is 16.4 Å². The van der Waals surface area contributed by atoms with Gasteiger partial charge in [-0.25, -0.2) is 0 Å². The van der Waals surface area contributed by atoms with Crippen molar-refractivity contribution in [2.75, 3.05) is 22.9 Å². The Morgan fingerprint density at radius 2 is 1.48 bits per heavy atom. The van der Waals surface area contributed by atoms with Crippen LogP contribution in [0.5, 0.6) is 0 Å². The van der Waals surface area contributed by atoms with Gasteiger partial charge >= 0.3 is 18.3 Å². The van der Waals surface area contributed by atoms with Gasteiger partial charge in [0, 0.05) is 30.2 Å². The summed E-state index contributed by atoms with van der Waals surface area (Å²) < 4.78 is 84.0. The van der Waals surface area contributed by atoms with Crippen molar-refractivity contribution in [3.05, 3.63) is 70.4 Å². The van der Waals surface area contributed by atoms with Crippen molar-refractivity contribution in [3.8, 4) is 0 Å². The van der Waals surface area contributed by atoms with Gasteiger partial charge < -0.3 is 4.90 Å². The minimum atomic E-state index is -4.95. The molecule has 4 aromatic rings. The van der Waals surface area contributed by atoms with Crippen LogP contribution < -0.4 is 14.5 Å². The molecule has 234 valence electrons. The first kappa shape index (κ1) is 30.1. The normalized spacial score (nSPS) is 15.7. The van der Waals surface area contributed by atoms with Crippen LogP contribution in [0.4, 0.5) is 38.0 Å². The van der Waals surface area contributed by atoms with Gasteiger partial charge in [-0.2, -0.15) is 31.0 Å². The standard InChI is InChI=1S/C31H34F6N7/c1-19-4-9-27-26(10-19)28(43(15-20-5-6-20)16-21-7-8-21)23(14-38-27)18-44(29-39-40-42(3)41(29)2)17-22-11-24(30(32,33)34)13-25(12-22)31(35,36)37/h4,9-14,20-21H,5-8,15-18H2,1-3H3/q+1. The zero-order chi connectivity index (χ0) is 31.4. The lowest BCUT2D eigenvalue weighted by Gasteiger charge is -2.30. The van der Waals surface area contributed by atoms with Crippen LogP contribution in [0.1, 0.15) is 53.5 Å². The van der Waals surface area contributed by atoms with Crippen molar-refractivity contribution in [1.29, 1.82) is 0 Å². The fourth-order valence-electron chi connectivity index (χ4n) is 5.66. The number of nitrogens with zero attached hydrogens (tertiary/aromatic N) is 7. The number of halogens is 6. The molecule has 2 heterocycles. The fourth-order valence-corrected chi connectivity index (χ4v) is 5.66. The quantitative estimate of drug-likeness (QED) is 0.153. The summed E-state index contributed by atoms with van der Waals surface area (Å²) in [6, 6.07) is 7.78. The summed E-state index contributed by atoms with van der Waals surface area (Å²) in [6.07, 6.45) is -3.46. The second kappa shape index (κ2) is 11.2. The van der Waals surface area contributed by atoms with Crippen LogP contribution in [0.25, 0.3) is 10.9 Å². The second-order valence-electron chi connectivity index (χ2n) is 12.2. The van der Waals surface area contributed by atoms with Crippen molar-refractivity contribution in [3.63, 3.8) is 0 Å². The van der Waals surface area contributed by atoms with Crippen molar-refractivity contribution in [2.24, 2.45) is 25.9 Å². The fraction of sp³-hybridized carbons (Fsp3) is 0.484. The first-order valence-electron chi connectivity index (χ1n) is 14.7. The van der Waals surface area contributed by atoms with Crippen LogP contribution in [0.2, 0.25) is 0 Å². The zero-order valence-corrected chi connectivity index (χ0v) is 24.8. The largest absolute Gasteiger partial charge is 0.416 e. The van der Waals surface area contributed by atoms with Crippen molar-refractivity contribution < 1.29 is 31.0 Å². The maximum Gasteiger partial charge on any atom is 0.416 e. The molecular weight excluding hydrogens is 584 g/mol. The average molecular weight is 619 g/mol. The molecule has 7 nitrogen and oxygen atoms in total. The highest BCUT2D eigenvalue weighted by Crippen LogP contribution is 2.41. The van der Waals surface area contributed by atoms with E-state index in [0.29, 0.717) is 17.8 Å². The zero-order valence-electron chi connectivity index (χ0n) is 24.8. The first-order valence-corrected chi connectivity index (χ1v) is 14.7. The van der Waals surface area contributed by atoms with Crippen molar-refractivity contribution in [1.82, 2.24) is 20.1 Å². The molecule has 0 atom stereocenters. The predicted octanol–water partition coefficient (Wildman–Crippen LogP) is 6.37. The molecule has 44 heavy (non-hydrogen) atoms. The lowest BCUT2D eigenvalue weighted by atomic mass is 10.0. The van der Waals surface area contributed by atoms with Crippen LogP contribution in [-0.2, 0) is 39.5 Å². The highest BCUT2D eigenvalue weighted by molar-refractivity contribution is 5.94. The number of benzene rings is 2. The molecule has 2 aliphatic carbocycles. The van der Waals surface area contributed by atoms with Gasteiger partial charge in [0.1, 0.15) is 5.21 Å². The molecule has 0 aliphatic heterocycles. The number of anilines is 2. The van der Waals surface area contributed by atoms with Crippen molar-refractivity contribution >= 4 is 22.5 Å². The third-order valence-corrected chi connectivity index (χ3v) is 8.39. The summed E-state index contributed by atoms with van der Waals surface area (Å²) >= 11 is 0. The summed E-state index contributed by atoms with van der Waals surface area (Å²) in [5, 5.41) is 9.27. The number of aryl methyl sites for hydroxylation is 2. The van der Waals surface area contributed by atoms with E-state index in [1.165, 1.54) is 4.80 Å². The minimum absolute atomic E-state index is 0.141. The van der Waals surface area contributed by atoms with Crippen LogP contribution in [0.3, 0.4) is 0 Å². The SMILES string of the molecule is Cc1ccc2ncc(CN(Cc3cc(C(F)(F)F)cc(C(F)(F)F)c3)c3nnn(C)[n+]3C)c(N(CC3CC3)CC3CC3)c2c1. The first-order chi connectivity index (χ1) is 20.8. The number of hydrogen-bond donors (Lipinski definition) is 0. The Bertz CT molecular complexity index is 1620. The summed E-state index contributed by atoms with van der Waals surface area (Å²) in [5.41, 5.74) is 0.874. The van der Waals surface area contributed by atoms with E-state index in [1.807, 2.05) is 19.1 Å².